The summed E-state index contributed by atoms with van der Waals surface area (Å²) in [7, 11) is 0. The Morgan fingerprint density at radius 1 is 1.05 bits per heavy atom. The monoisotopic (exact) mass is 291 g/mol. The molecule has 0 amide bonds. The summed E-state index contributed by atoms with van der Waals surface area (Å²) in [5.74, 6) is 0. The Morgan fingerprint density at radius 3 is 2.59 bits per heavy atom. The number of aromatic nitrogens is 1. The van der Waals surface area contributed by atoms with Gasteiger partial charge in [-0.05, 0) is 29.0 Å². The van der Waals surface area contributed by atoms with E-state index in [1.807, 2.05) is 48.5 Å². The predicted molar refractivity (Wildman–Crippen MR) is 87.9 cm³/mol. The van der Waals surface area contributed by atoms with Crippen LogP contribution in [0, 0.1) is 0 Å². The molecular weight excluding hydrogens is 274 g/mol. The molecule has 3 aromatic rings. The van der Waals surface area contributed by atoms with Crippen molar-refractivity contribution in [2.24, 2.45) is 0 Å². The summed E-state index contributed by atoms with van der Waals surface area (Å²) < 4.78 is 6.82. The first-order valence-electron chi connectivity index (χ1n) is 7.19. The first-order valence-corrected chi connectivity index (χ1v) is 7.19. The van der Waals surface area contributed by atoms with Crippen molar-refractivity contribution in [2.75, 3.05) is 0 Å². The zero-order valence-corrected chi connectivity index (χ0v) is 12.2. The highest BCUT2D eigenvalue weighted by Crippen LogP contribution is 2.18. The molecule has 3 rings (SSSR count). The highest BCUT2D eigenvalue weighted by atomic mass is 16.5. The minimum atomic E-state index is -0.370. The second-order valence-corrected chi connectivity index (χ2v) is 5.16. The second kappa shape index (κ2) is 6.31. The van der Waals surface area contributed by atoms with Crippen LogP contribution >= 0.6 is 0 Å². The fourth-order valence-electron chi connectivity index (χ4n) is 2.38. The SMILES string of the molecule is C=CCc1ccc2cn(C(=O)OCc3ccccc3)cc2c1. The van der Waals surface area contributed by atoms with Crippen molar-refractivity contribution in [3.8, 4) is 0 Å². The molecule has 0 fully saturated rings. The van der Waals surface area contributed by atoms with Gasteiger partial charge in [0.2, 0.25) is 0 Å². The Kier molecular flexibility index (Phi) is 4.05. The minimum absolute atomic E-state index is 0.274. The molecule has 0 aliphatic rings. The third kappa shape index (κ3) is 3.09. The Balaban J connectivity index is 1.74. The number of carbonyl (C=O) groups excluding carboxylic acids is 1. The van der Waals surface area contributed by atoms with Crippen LogP contribution in [0.25, 0.3) is 10.8 Å². The van der Waals surface area contributed by atoms with Crippen LogP contribution in [0.1, 0.15) is 11.1 Å². The zero-order valence-electron chi connectivity index (χ0n) is 12.2. The minimum Gasteiger partial charge on any atom is -0.444 e. The largest absolute Gasteiger partial charge is 0.444 e. The van der Waals surface area contributed by atoms with Crippen molar-refractivity contribution in [3.05, 3.63) is 84.7 Å². The molecule has 0 spiro atoms. The average molecular weight is 291 g/mol. The van der Waals surface area contributed by atoms with Crippen molar-refractivity contribution in [3.63, 3.8) is 0 Å². The van der Waals surface area contributed by atoms with Gasteiger partial charge in [0, 0.05) is 17.8 Å². The summed E-state index contributed by atoms with van der Waals surface area (Å²) in [5.41, 5.74) is 2.15. The van der Waals surface area contributed by atoms with Gasteiger partial charge < -0.3 is 4.74 Å². The average Bonchev–Trinajstić information content (AvgIpc) is 2.97. The molecule has 0 radical (unpaired) electrons. The smallest absolute Gasteiger partial charge is 0.418 e. The van der Waals surface area contributed by atoms with E-state index in [-0.39, 0.29) is 12.7 Å². The molecule has 0 N–H and O–H groups in total. The number of benzene rings is 2. The first-order chi connectivity index (χ1) is 10.8. The number of allylic oxidation sites excluding steroid dienone is 1. The van der Waals surface area contributed by atoms with Crippen molar-refractivity contribution >= 4 is 16.9 Å². The third-order valence-electron chi connectivity index (χ3n) is 3.50. The summed E-state index contributed by atoms with van der Waals surface area (Å²) >= 11 is 0. The van der Waals surface area contributed by atoms with E-state index in [0.29, 0.717) is 0 Å². The van der Waals surface area contributed by atoms with Gasteiger partial charge >= 0.3 is 6.09 Å². The molecule has 110 valence electrons. The Labute approximate surface area is 129 Å². The number of fused-ring (bicyclic) bond motifs is 1. The maximum atomic E-state index is 12.1. The van der Waals surface area contributed by atoms with Crippen LogP contribution in [0.15, 0.2) is 73.6 Å². The molecule has 0 aliphatic carbocycles. The lowest BCUT2D eigenvalue weighted by atomic mass is 10.1. The van der Waals surface area contributed by atoms with Crippen molar-refractivity contribution < 1.29 is 9.53 Å². The lowest BCUT2D eigenvalue weighted by Gasteiger charge is -2.04. The molecule has 0 saturated carbocycles. The van der Waals surface area contributed by atoms with Crippen LogP contribution in [-0.2, 0) is 17.8 Å². The standard InChI is InChI=1S/C19H17NO2/c1-2-6-15-9-10-17-12-20(13-18(17)11-15)19(21)22-14-16-7-4-3-5-8-16/h2-5,7-13H,1,6,14H2. The van der Waals surface area contributed by atoms with Gasteiger partial charge in [0.1, 0.15) is 6.61 Å². The van der Waals surface area contributed by atoms with Crippen LogP contribution in [0.3, 0.4) is 0 Å². The van der Waals surface area contributed by atoms with Gasteiger partial charge in [-0.3, -0.25) is 4.57 Å². The Hall–Kier alpha value is -2.81. The maximum absolute atomic E-state index is 12.1. The highest BCUT2D eigenvalue weighted by molar-refractivity contribution is 5.87. The van der Waals surface area contributed by atoms with Crippen molar-refractivity contribution in [2.45, 2.75) is 13.0 Å². The van der Waals surface area contributed by atoms with Crippen LogP contribution in [0.5, 0.6) is 0 Å². The van der Waals surface area contributed by atoms with E-state index >= 15 is 0 Å². The molecule has 22 heavy (non-hydrogen) atoms. The summed E-state index contributed by atoms with van der Waals surface area (Å²) in [4.78, 5) is 12.1. The van der Waals surface area contributed by atoms with Crippen LogP contribution in [-0.4, -0.2) is 10.7 Å². The Morgan fingerprint density at radius 2 is 1.82 bits per heavy atom. The van der Waals surface area contributed by atoms with E-state index in [2.05, 4.69) is 12.6 Å². The summed E-state index contributed by atoms with van der Waals surface area (Å²) in [6.07, 6.45) is 5.91. The third-order valence-corrected chi connectivity index (χ3v) is 3.50. The lowest BCUT2D eigenvalue weighted by Crippen LogP contribution is -2.11. The lowest BCUT2D eigenvalue weighted by molar-refractivity contribution is 0.141. The predicted octanol–water partition coefficient (Wildman–Crippen LogP) is 4.55. The number of nitrogens with zero attached hydrogens (tertiary/aromatic N) is 1. The van der Waals surface area contributed by atoms with Gasteiger partial charge in [-0.15, -0.1) is 6.58 Å². The van der Waals surface area contributed by atoms with Crippen molar-refractivity contribution in [1.29, 1.82) is 0 Å². The summed E-state index contributed by atoms with van der Waals surface area (Å²) in [6, 6.07) is 15.8. The molecule has 2 aromatic carbocycles. The highest BCUT2D eigenvalue weighted by Gasteiger charge is 2.08. The Bertz CT molecular complexity index is 803. The van der Waals surface area contributed by atoms with Gasteiger partial charge in [0.05, 0.1) is 0 Å². The molecule has 1 heterocycles. The van der Waals surface area contributed by atoms with E-state index in [1.54, 1.807) is 12.4 Å². The molecule has 3 nitrogen and oxygen atoms in total. The van der Waals surface area contributed by atoms with Gasteiger partial charge in [-0.1, -0.05) is 48.5 Å². The van der Waals surface area contributed by atoms with Crippen LogP contribution < -0.4 is 0 Å². The molecule has 0 atom stereocenters. The van der Waals surface area contributed by atoms with Gasteiger partial charge in [-0.25, -0.2) is 4.79 Å². The number of ether oxygens (including phenoxy) is 1. The van der Waals surface area contributed by atoms with Gasteiger partial charge in [0.15, 0.2) is 0 Å². The molecule has 3 heteroatoms. The molecule has 1 aromatic heterocycles. The van der Waals surface area contributed by atoms with Gasteiger partial charge in [0.25, 0.3) is 0 Å². The van der Waals surface area contributed by atoms with E-state index in [4.69, 9.17) is 4.74 Å². The maximum Gasteiger partial charge on any atom is 0.418 e. The van der Waals surface area contributed by atoms with Gasteiger partial charge in [-0.2, -0.15) is 0 Å². The molecular formula is C19H17NO2. The van der Waals surface area contributed by atoms with E-state index < -0.39 is 0 Å². The fourth-order valence-corrected chi connectivity index (χ4v) is 2.38. The molecule has 0 unspecified atom stereocenters. The van der Waals surface area contributed by atoms with Crippen molar-refractivity contribution in [1.82, 2.24) is 4.57 Å². The number of hydrogen-bond donors (Lipinski definition) is 0. The molecule has 0 bridgehead atoms. The summed E-state index contributed by atoms with van der Waals surface area (Å²) in [5, 5.41) is 2.04. The fraction of sp³-hybridized carbons (Fsp3) is 0.105. The second-order valence-electron chi connectivity index (χ2n) is 5.16. The zero-order chi connectivity index (χ0) is 15.4. The normalized spacial score (nSPS) is 10.5. The van der Waals surface area contributed by atoms with Crippen LogP contribution in [0.2, 0.25) is 0 Å². The van der Waals surface area contributed by atoms with Crippen LogP contribution in [0.4, 0.5) is 4.79 Å². The van der Waals surface area contributed by atoms with E-state index in [1.165, 1.54) is 10.1 Å². The number of hydrogen-bond acceptors (Lipinski definition) is 2. The molecule has 0 aliphatic heterocycles. The topological polar surface area (TPSA) is 31.2 Å². The summed E-state index contributed by atoms with van der Waals surface area (Å²) in [6.45, 7) is 4.02. The quantitative estimate of drug-likeness (QED) is 0.660. The number of carbonyl (C=O) groups is 1. The molecule has 0 saturated heterocycles. The number of rotatable bonds is 4. The first kappa shape index (κ1) is 14.1. The van der Waals surface area contributed by atoms with E-state index in [9.17, 15) is 4.79 Å². The van der Waals surface area contributed by atoms with E-state index in [0.717, 1.165) is 22.8 Å².